The number of carbonyl (C=O) groups excluding carboxylic acids is 2. The third kappa shape index (κ3) is 3.51. The highest BCUT2D eigenvalue weighted by atomic mass is 32.2. The molecule has 2 aromatic rings. The molecule has 0 saturated carbocycles. The lowest BCUT2D eigenvalue weighted by molar-refractivity contribution is -0.139. The van der Waals surface area contributed by atoms with Gasteiger partial charge in [-0.25, -0.2) is 0 Å². The molecule has 4 rings (SSSR count). The van der Waals surface area contributed by atoms with Crippen LogP contribution >= 0.6 is 11.8 Å². The maximum Gasteiger partial charge on any atom is 0.268 e. The minimum Gasteiger partial charge on any atom is -0.497 e. The Morgan fingerprint density at radius 2 is 1.87 bits per heavy atom. The SMILES string of the molecule is CCC(=O)N1CCS[C@]12C(=O)N(Cc1ccc(C(C)(C)C)cc1)c1ccc(OC)cc12. The molecule has 1 fully saturated rings. The van der Waals surface area contributed by atoms with E-state index in [2.05, 4.69) is 45.0 Å². The summed E-state index contributed by atoms with van der Waals surface area (Å²) in [4.78, 5) is 29.3. The molecule has 0 aromatic heterocycles. The number of thioether (sulfide) groups is 1. The number of ether oxygens (including phenoxy) is 1. The fourth-order valence-corrected chi connectivity index (χ4v) is 5.89. The van der Waals surface area contributed by atoms with Crippen molar-refractivity contribution in [2.75, 3.05) is 24.3 Å². The standard InChI is InChI=1S/C25H30N2O3S/c1-6-22(28)27-13-14-31-25(27)20-15-19(30-5)11-12-21(20)26(23(25)29)16-17-7-9-18(10-8-17)24(2,3)4/h7-12,15H,6,13-14,16H2,1-5H3/t25-/m1/s1. The quantitative estimate of drug-likeness (QED) is 0.696. The average Bonchev–Trinajstić information content (AvgIpc) is 3.30. The van der Waals surface area contributed by atoms with Crippen molar-refractivity contribution in [3.8, 4) is 5.75 Å². The van der Waals surface area contributed by atoms with E-state index in [0.29, 0.717) is 25.3 Å². The van der Waals surface area contributed by atoms with E-state index in [1.54, 1.807) is 23.8 Å². The minimum atomic E-state index is -0.998. The predicted octanol–water partition coefficient (Wildman–Crippen LogP) is 4.68. The molecule has 2 aliphatic heterocycles. The average molecular weight is 439 g/mol. The molecule has 0 unspecified atom stereocenters. The zero-order chi connectivity index (χ0) is 22.4. The van der Waals surface area contributed by atoms with Gasteiger partial charge in [0.05, 0.1) is 19.3 Å². The third-order valence-electron chi connectivity index (χ3n) is 6.16. The number of carbonyl (C=O) groups is 2. The number of hydrogen-bond acceptors (Lipinski definition) is 4. The Hall–Kier alpha value is -2.47. The number of nitrogens with zero attached hydrogens (tertiary/aromatic N) is 2. The van der Waals surface area contributed by atoms with Gasteiger partial charge in [0, 0.05) is 24.3 Å². The second kappa shape index (κ2) is 7.90. The Bertz CT molecular complexity index is 1010. The molecule has 1 saturated heterocycles. The zero-order valence-electron chi connectivity index (χ0n) is 18.9. The van der Waals surface area contributed by atoms with E-state index < -0.39 is 4.87 Å². The van der Waals surface area contributed by atoms with Crippen molar-refractivity contribution < 1.29 is 14.3 Å². The minimum absolute atomic E-state index is 0.00324. The highest BCUT2D eigenvalue weighted by Crippen LogP contribution is 2.55. The monoisotopic (exact) mass is 438 g/mol. The summed E-state index contributed by atoms with van der Waals surface area (Å²) >= 11 is 1.55. The first kappa shape index (κ1) is 21.8. The molecule has 2 aromatic carbocycles. The maximum atomic E-state index is 13.9. The van der Waals surface area contributed by atoms with Gasteiger partial charge in [-0.3, -0.25) is 9.59 Å². The van der Waals surface area contributed by atoms with E-state index in [1.807, 2.05) is 30.0 Å². The van der Waals surface area contributed by atoms with Crippen LogP contribution in [0, 0.1) is 0 Å². The van der Waals surface area contributed by atoms with Crippen LogP contribution in [-0.2, 0) is 26.4 Å². The molecule has 2 amide bonds. The summed E-state index contributed by atoms with van der Waals surface area (Å²) in [6.45, 7) is 9.47. The summed E-state index contributed by atoms with van der Waals surface area (Å²) in [5.41, 5.74) is 4.12. The number of amides is 2. The van der Waals surface area contributed by atoms with Crippen molar-refractivity contribution >= 4 is 29.3 Å². The van der Waals surface area contributed by atoms with Gasteiger partial charge in [-0.05, 0) is 34.7 Å². The second-order valence-corrected chi connectivity index (χ2v) is 10.4. The zero-order valence-corrected chi connectivity index (χ0v) is 19.7. The van der Waals surface area contributed by atoms with Gasteiger partial charge in [-0.15, -0.1) is 11.8 Å². The van der Waals surface area contributed by atoms with Crippen molar-refractivity contribution in [3.05, 3.63) is 59.2 Å². The predicted molar refractivity (Wildman–Crippen MR) is 125 cm³/mol. The molecule has 0 bridgehead atoms. The number of fused-ring (bicyclic) bond motifs is 2. The first-order valence-corrected chi connectivity index (χ1v) is 11.7. The number of methoxy groups -OCH3 is 1. The molecule has 5 nitrogen and oxygen atoms in total. The lowest BCUT2D eigenvalue weighted by Gasteiger charge is -2.33. The Balaban J connectivity index is 1.76. The third-order valence-corrected chi connectivity index (χ3v) is 7.58. The van der Waals surface area contributed by atoms with Crippen molar-refractivity contribution in [2.45, 2.75) is 50.9 Å². The first-order chi connectivity index (χ1) is 14.7. The molecule has 2 heterocycles. The van der Waals surface area contributed by atoms with Crippen LogP contribution in [0.2, 0.25) is 0 Å². The van der Waals surface area contributed by atoms with Crippen LogP contribution in [0.15, 0.2) is 42.5 Å². The summed E-state index contributed by atoms with van der Waals surface area (Å²) in [5.74, 6) is 1.39. The molecule has 6 heteroatoms. The molecule has 0 radical (unpaired) electrons. The van der Waals surface area contributed by atoms with Gasteiger partial charge >= 0.3 is 0 Å². The molecule has 0 aliphatic carbocycles. The largest absolute Gasteiger partial charge is 0.497 e. The molecule has 0 N–H and O–H groups in total. The summed E-state index contributed by atoms with van der Waals surface area (Å²) < 4.78 is 5.46. The van der Waals surface area contributed by atoms with Gasteiger partial charge in [0.2, 0.25) is 5.91 Å². The Kier molecular flexibility index (Phi) is 5.54. The van der Waals surface area contributed by atoms with Gasteiger partial charge in [0.25, 0.3) is 5.91 Å². The molecule has 1 spiro atoms. The van der Waals surface area contributed by atoms with Gasteiger partial charge in [0.1, 0.15) is 5.75 Å². The number of anilines is 1. The Morgan fingerprint density at radius 1 is 1.16 bits per heavy atom. The Labute approximate surface area is 188 Å². The van der Waals surface area contributed by atoms with Crippen LogP contribution in [0.1, 0.15) is 50.8 Å². The van der Waals surface area contributed by atoms with Gasteiger partial charge in [0.15, 0.2) is 4.87 Å². The van der Waals surface area contributed by atoms with Gasteiger partial charge in [-0.2, -0.15) is 0 Å². The second-order valence-electron chi connectivity index (χ2n) is 9.11. The Morgan fingerprint density at radius 3 is 2.48 bits per heavy atom. The van der Waals surface area contributed by atoms with Crippen LogP contribution in [0.5, 0.6) is 5.75 Å². The van der Waals surface area contributed by atoms with Crippen molar-refractivity contribution in [2.24, 2.45) is 0 Å². The smallest absolute Gasteiger partial charge is 0.268 e. The van der Waals surface area contributed by atoms with E-state index >= 15 is 0 Å². The number of hydrogen-bond donors (Lipinski definition) is 0. The number of benzene rings is 2. The number of rotatable bonds is 4. The molecule has 164 valence electrons. The molecule has 2 aliphatic rings. The first-order valence-electron chi connectivity index (χ1n) is 10.8. The van der Waals surface area contributed by atoms with E-state index in [4.69, 9.17) is 4.74 Å². The van der Waals surface area contributed by atoms with Gasteiger partial charge in [-0.1, -0.05) is 52.0 Å². The lowest BCUT2D eigenvalue weighted by atomic mass is 9.87. The summed E-state index contributed by atoms with van der Waals surface area (Å²) in [5, 5.41) is 0. The summed E-state index contributed by atoms with van der Waals surface area (Å²) in [6.07, 6.45) is 0.378. The fourth-order valence-electron chi connectivity index (χ4n) is 4.42. The van der Waals surface area contributed by atoms with Crippen molar-refractivity contribution in [3.63, 3.8) is 0 Å². The van der Waals surface area contributed by atoms with Crippen LogP contribution in [-0.4, -0.2) is 36.1 Å². The maximum absolute atomic E-state index is 13.9. The van der Waals surface area contributed by atoms with E-state index in [9.17, 15) is 9.59 Å². The highest BCUT2D eigenvalue weighted by molar-refractivity contribution is 8.01. The topological polar surface area (TPSA) is 49.9 Å². The van der Waals surface area contributed by atoms with Crippen molar-refractivity contribution in [1.82, 2.24) is 4.90 Å². The van der Waals surface area contributed by atoms with Crippen LogP contribution in [0.25, 0.3) is 0 Å². The molecule has 31 heavy (non-hydrogen) atoms. The van der Waals surface area contributed by atoms with E-state index in [0.717, 1.165) is 22.6 Å². The molecular weight excluding hydrogens is 408 g/mol. The van der Waals surface area contributed by atoms with E-state index in [1.165, 1.54) is 5.56 Å². The lowest BCUT2D eigenvalue weighted by Crippen LogP contribution is -2.50. The highest BCUT2D eigenvalue weighted by Gasteiger charge is 2.59. The summed E-state index contributed by atoms with van der Waals surface area (Å²) in [7, 11) is 1.62. The van der Waals surface area contributed by atoms with Crippen LogP contribution < -0.4 is 9.64 Å². The molecule has 1 atom stereocenters. The summed E-state index contributed by atoms with van der Waals surface area (Å²) in [6, 6.07) is 14.2. The van der Waals surface area contributed by atoms with Crippen LogP contribution in [0.3, 0.4) is 0 Å². The molecular formula is C25H30N2O3S. The van der Waals surface area contributed by atoms with Gasteiger partial charge < -0.3 is 14.5 Å². The van der Waals surface area contributed by atoms with Crippen molar-refractivity contribution in [1.29, 1.82) is 0 Å². The van der Waals surface area contributed by atoms with Crippen LogP contribution in [0.4, 0.5) is 5.69 Å². The van der Waals surface area contributed by atoms with E-state index in [-0.39, 0.29) is 17.2 Å². The fraction of sp³-hybridized carbons (Fsp3) is 0.440. The normalized spacial score (nSPS) is 20.5.